The number of nitrogens with one attached hydrogen (secondary N) is 1. The molecule has 0 unspecified atom stereocenters. The second kappa shape index (κ2) is 5.93. The summed E-state index contributed by atoms with van der Waals surface area (Å²) >= 11 is 0. The molecule has 0 saturated carbocycles. The molecule has 112 valence electrons. The highest BCUT2D eigenvalue weighted by Gasteiger charge is 2.12. The quantitative estimate of drug-likeness (QED) is 0.789. The van der Waals surface area contributed by atoms with Crippen molar-refractivity contribution in [3.8, 4) is 34.0 Å². The van der Waals surface area contributed by atoms with E-state index in [0.717, 1.165) is 39.6 Å². The molecule has 4 nitrogen and oxygen atoms in total. The lowest BCUT2D eigenvalue weighted by molar-refractivity contribution is 0.415. The summed E-state index contributed by atoms with van der Waals surface area (Å²) < 4.78 is 10.4. The highest BCUT2D eigenvalue weighted by molar-refractivity contribution is 5.74. The van der Waals surface area contributed by atoms with E-state index < -0.39 is 0 Å². The number of hydrogen-bond acceptors (Lipinski definition) is 3. The standard InChI is InChI=1S/C18H18N2O2/c1-12-17(13-4-8-15(21-2)9-5-13)19-20-18(12)14-6-10-16(22-3)11-7-14/h4-11H,1-3H3,(H,19,20). The highest BCUT2D eigenvalue weighted by atomic mass is 16.5. The van der Waals surface area contributed by atoms with Crippen LogP contribution in [0.3, 0.4) is 0 Å². The van der Waals surface area contributed by atoms with Gasteiger partial charge in [-0.05, 0) is 55.5 Å². The van der Waals surface area contributed by atoms with E-state index in [-0.39, 0.29) is 0 Å². The van der Waals surface area contributed by atoms with Crippen LogP contribution in [0.25, 0.3) is 22.5 Å². The second-order valence-electron chi connectivity index (χ2n) is 5.03. The maximum Gasteiger partial charge on any atom is 0.118 e. The van der Waals surface area contributed by atoms with Crippen LogP contribution in [0.1, 0.15) is 5.56 Å². The minimum Gasteiger partial charge on any atom is -0.497 e. The third-order valence-electron chi connectivity index (χ3n) is 3.75. The Morgan fingerprint density at radius 3 is 1.77 bits per heavy atom. The number of ether oxygens (including phenoxy) is 2. The zero-order chi connectivity index (χ0) is 15.5. The molecule has 0 radical (unpaired) electrons. The molecule has 1 N–H and O–H groups in total. The predicted molar refractivity (Wildman–Crippen MR) is 87.3 cm³/mol. The topological polar surface area (TPSA) is 47.1 Å². The fraction of sp³-hybridized carbons (Fsp3) is 0.167. The zero-order valence-corrected chi connectivity index (χ0v) is 12.9. The Kier molecular flexibility index (Phi) is 3.83. The van der Waals surface area contributed by atoms with Crippen molar-refractivity contribution in [1.29, 1.82) is 0 Å². The molecule has 0 amide bonds. The number of rotatable bonds is 4. The van der Waals surface area contributed by atoms with Gasteiger partial charge in [0.15, 0.2) is 0 Å². The molecule has 3 aromatic rings. The normalized spacial score (nSPS) is 10.5. The largest absolute Gasteiger partial charge is 0.497 e. The molecule has 0 aliphatic heterocycles. The number of H-pyrrole nitrogens is 1. The van der Waals surface area contributed by atoms with Crippen molar-refractivity contribution >= 4 is 0 Å². The van der Waals surface area contributed by atoms with E-state index in [1.54, 1.807) is 14.2 Å². The van der Waals surface area contributed by atoms with Crippen LogP contribution in [0.15, 0.2) is 48.5 Å². The molecule has 0 spiro atoms. The van der Waals surface area contributed by atoms with Crippen molar-refractivity contribution in [2.24, 2.45) is 0 Å². The first kappa shape index (κ1) is 14.2. The Morgan fingerprint density at radius 2 is 1.27 bits per heavy atom. The van der Waals surface area contributed by atoms with Gasteiger partial charge in [0.25, 0.3) is 0 Å². The average molecular weight is 294 g/mol. The summed E-state index contributed by atoms with van der Waals surface area (Å²) in [4.78, 5) is 0. The van der Waals surface area contributed by atoms with Crippen LogP contribution >= 0.6 is 0 Å². The maximum atomic E-state index is 5.19. The van der Waals surface area contributed by atoms with Crippen LogP contribution in [-0.2, 0) is 0 Å². The first-order valence-corrected chi connectivity index (χ1v) is 7.06. The molecular weight excluding hydrogens is 276 g/mol. The number of aromatic nitrogens is 2. The van der Waals surface area contributed by atoms with E-state index in [0.29, 0.717) is 0 Å². The molecule has 22 heavy (non-hydrogen) atoms. The van der Waals surface area contributed by atoms with Gasteiger partial charge >= 0.3 is 0 Å². The van der Waals surface area contributed by atoms with Gasteiger partial charge in [0.2, 0.25) is 0 Å². The van der Waals surface area contributed by atoms with E-state index in [9.17, 15) is 0 Å². The Morgan fingerprint density at radius 1 is 0.773 bits per heavy atom. The summed E-state index contributed by atoms with van der Waals surface area (Å²) in [6, 6.07) is 15.9. The summed E-state index contributed by atoms with van der Waals surface area (Å²) in [5.41, 5.74) is 5.25. The van der Waals surface area contributed by atoms with Gasteiger partial charge in [-0.1, -0.05) is 0 Å². The van der Waals surface area contributed by atoms with Gasteiger partial charge in [0, 0.05) is 16.7 Å². The summed E-state index contributed by atoms with van der Waals surface area (Å²) in [6.45, 7) is 2.07. The molecular formula is C18H18N2O2. The number of nitrogens with zero attached hydrogens (tertiary/aromatic N) is 1. The Labute approximate surface area is 129 Å². The molecule has 1 heterocycles. The molecule has 3 rings (SSSR count). The molecule has 2 aromatic carbocycles. The number of aromatic amines is 1. The average Bonchev–Trinajstić information content (AvgIpc) is 2.96. The Bertz CT molecular complexity index is 694. The van der Waals surface area contributed by atoms with E-state index >= 15 is 0 Å². The molecule has 0 saturated heterocycles. The minimum absolute atomic E-state index is 0.840. The maximum absolute atomic E-state index is 5.19. The van der Waals surface area contributed by atoms with Crippen molar-refractivity contribution < 1.29 is 9.47 Å². The minimum atomic E-state index is 0.840. The van der Waals surface area contributed by atoms with Gasteiger partial charge < -0.3 is 9.47 Å². The molecule has 0 aliphatic carbocycles. The van der Waals surface area contributed by atoms with Crippen molar-refractivity contribution in [1.82, 2.24) is 10.2 Å². The van der Waals surface area contributed by atoms with Gasteiger partial charge in [-0.3, -0.25) is 5.10 Å². The lowest BCUT2D eigenvalue weighted by atomic mass is 10.0. The molecule has 0 aliphatic rings. The summed E-state index contributed by atoms with van der Waals surface area (Å²) in [6.07, 6.45) is 0. The molecule has 0 bridgehead atoms. The van der Waals surface area contributed by atoms with Crippen LogP contribution in [0.5, 0.6) is 11.5 Å². The van der Waals surface area contributed by atoms with Crippen LogP contribution in [0.2, 0.25) is 0 Å². The van der Waals surface area contributed by atoms with Crippen molar-refractivity contribution in [3.05, 3.63) is 54.1 Å². The fourth-order valence-electron chi connectivity index (χ4n) is 2.47. The third-order valence-corrected chi connectivity index (χ3v) is 3.75. The van der Waals surface area contributed by atoms with Crippen LogP contribution < -0.4 is 9.47 Å². The van der Waals surface area contributed by atoms with Crippen molar-refractivity contribution in [2.45, 2.75) is 6.92 Å². The number of hydrogen-bond donors (Lipinski definition) is 1. The Hall–Kier alpha value is -2.75. The fourth-order valence-corrected chi connectivity index (χ4v) is 2.47. The van der Waals surface area contributed by atoms with E-state index in [1.807, 2.05) is 48.5 Å². The SMILES string of the molecule is COc1ccc(-c2n[nH]c(-c3ccc(OC)cc3)c2C)cc1. The predicted octanol–water partition coefficient (Wildman–Crippen LogP) is 4.07. The molecule has 1 aromatic heterocycles. The lowest BCUT2D eigenvalue weighted by Gasteiger charge is -2.04. The highest BCUT2D eigenvalue weighted by Crippen LogP contribution is 2.30. The first-order chi connectivity index (χ1) is 10.7. The van der Waals surface area contributed by atoms with Gasteiger partial charge in [0.1, 0.15) is 11.5 Å². The third kappa shape index (κ3) is 2.55. The second-order valence-corrected chi connectivity index (χ2v) is 5.03. The van der Waals surface area contributed by atoms with Crippen molar-refractivity contribution in [2.75, 3.05) is 14.2 Å². The summed E-state index contributed by atoms with van der Waals surface area (Å²) in [5, 5.41) is 7.60. The number of benzene rings is 2. The van der Waals surface area contributed by atoms with Gasteiger partial charge in [-0.2, -0.15) is 5.10 Å². The van der Waals surface area contributed by atoms with Crippen LogP contribution in [-0.4, -0.2) is 24.4 Å². The van der Waals surface area contributed by atoms with Crippen LogP contribution in [0.4, 0.5) is 0 Å². The van der Waals surface area contributed by atoms with Gasteiger partial charge in [-0.25, -0.2) is 0 Å². The molecule has 0 fully saturated rings. The van der Waals surface area contributed by atoms with E-state index in [4.69, 9.17) is 9.47 Å². The first-order valence-electron chi connectivity index (χ1n) is 7.06. The van der Waals surface area contributed by atoms with E-state index in [1.165, 1.54) is 0 Å². The van der Waals surface area contributed by atoms with Crippen LogP contribution in [0, 0.1) is 6.92 Å². The smallest absolute Gasteiger partial charge is 0.118 e. The zero-order valence-electron chi connectivity index (χ0n) is 12.9. The Balaban J connectivity index is 1.96. The molecule has 4 heteroatoms. The monoisotopic (exact) mass is 294 g/mol. The van der Waals surface area contributed by atoms with Gasteiger partial charge in [0.05, 0.1) is 25.6 Å². The molecule has 0 atom stereocenters. The van der Waals surface area contributed by atoms with Gasteiger partial charge in [-0.15, -0.1) is 0 Å². The van der Waals surface area contributed by atoms with E-state index in [2.05, 4.69) is 17.1 Å². The number of methoxy groups -OCH3 is 2. The lowest BCUT2D eigenvalue weighted by Crippen LogP contribution is -1.85. The summed E-state index contributed by atoms with van der Waals surface area (Å²) in [7, 11) is 3.33. The summed E-state index contributed by atoms with van der Waals surface area (Å²) in [5.74, 6) is 1.68. The van der Waals surface area contributed by atoms with Crippen molar-refractivity contribution in [3.63, 3.8) is 0 Å².